The van der Waals surface area contributed by atoms with E-state index in [-0.39, 0.29) is 0 Å². The summed E-state index contributed by atoms with van der Waals surface area (Å²) in [5.74, 6) is 0. The molecule has 0 radical (unpaired) electrons. The Labute approximate surface area is 121 Å². The van der Waals surface area contributed by atoms with Gasteiger partial charge in [-0.05, 0) is 29.8 Å². The van der Waals surface area contributed by atoms with E-state index in [4.69, 9.17) is 11.6 Å². The van der Waals surface area contributed by atoms with Gasteiger partial charge in [-0.1, -0.05) is 23.7 Å². The molecule has 3 rings (SSSR count). The van der Waals surface area contributed by atoms with Crippen molar-refractivity contribution in [2.75, 3.05) is 6.26 Å². The van der Waals surface area contributed by atoms with Crippen molar-refractivity contribution in [3.63, 3.8) is 0 Å². The summed E-state index contributed by atoms with van der Waals surface area (Å²) in [6.07, 6.45) is 4.61. The van der Waals surface area contributed by atoms with Crippen LogP contribution in [-0.2, 0) is 9.84 Å². The smallest absolute Gasteiger partial charge is 0.175 e. The second-order valence-electron chi connectivity index (χ2n) is 4.54. The van der Waals surface area contributed by atoms with Crippen LogP contribution < -0.4 is 0 Å². The van der Waals surface area contributed by atoms with E-state index in [1.807, 2.05) is 16.5 Å². The SMILES string of the molecule is CS(=O)(=O)c1ccc(-c2cc(Cl)cc3cncn23)cc1. The molecule has 0 saturated carbocycles. The van der Waals surface area contributed by atoms with Crippen LogP contribution in [0.15, 0.2) is 53.8 Å². The second kappa shape index (κ2) is 4.61. The number of sulfone groups is 1. The summed E-state index contributed by atoms with van der Waals surface area (Å²) in [6, 6.07) is 10.4. The highest BCUT2D eigenvalue weighted by Crippen LogP contribution is 2.26. The fourth-order valence-corrected chi connectivity index (χ4v) is 2.94. The Morgan fingerprint density at radius 3 is 2.50 bits per heavy atom. The van der Waals surface area contributed by atoms with Gasteiger partial charge >= 0.3 is 0 Å². The summed E-state index contributed by atoms with van der Waals surface area (Å²) >= 11 is 6.10. The molecular formula is C14H11ClN2O2S. The van der Waals surface area contributed by atoms with Crippen LogP contribution in [0.25, 0.3) is 16.8 Å². The molecule has 3 aromatic rings. The van der Waals surface area contributed by atoms with Crippen molar-refractivity contribution >= 4 is 27.0 Å². The van der Waals surface area contributed by atoms with Crippen molar-refractivity contribution in [3.8, 4) is 11.3 Å². The summed E-state index contributed by atoms with van der Waals surface area (Å²) in [5, 5.41) is 0.611. The molecule has 6 heteroatoms. The molecule has 0 unspecified atom stereocenters. The number of aromatic nitrogens is 2. The van der Waals surface area contributed by atoms with Crippen LogP contribution >= 0.6 is 11.6 Å². The normalized spacial score (nSPS) is 11.9. The molecule has 0 aliphatic heterocycles. The van der Waals surface area contributed by atoms with Gasteiger partial charge in [0.25, 0.3) is 0 Å². The predicted molar refractivity (Wildman–Crippen MR) is 78.7 cm³/mol. The van der Waals surface area contributed by atoms with Crippen LogP contribution in [0.3, 0.4) is 0 Å². The molecule has 0 aliphatic rings. The lowest BCUT2D eigenvalue weighted by Gasteiger charge is -2.07. The predicted octanol–water partition coefficient (Wildman–Crippen LogP) is 3.06. The van der Waals surface area contributed by atoms with Crippen molar-refractivity contribution in [3.05, 3.63) is 53.9 Å². The Hall–Kier alpha value is -1.85. The lowest BCUT2D eigenvalue weighted by Crippen LogP contribution is -1.97. The molecule has 0 aliphatic carbocycles. The third kappa shape index (κ3) is 2.30. The number of rotatable bonds is 2. The number of hydrogen-bond donors (Lipinski definition) is 0. The summed E-state index contributed by atoms with van der Waals surface area (Å²) < 4.78 is 24.8. The molecule has 0 bridgehead atoms. The maximum atomic E-state index is 11.5. The fourth-order valence-electron chi connectivity index (χ4n) is 2.09. The van der Waals surface area contributed by atoms with Crippen LogP contribution in [0, 0.1) is 0 Å². The van der Waals surface area contributed by atoms with Crippen molar-refractivity contribution < 1.29 is 8.42 Å². The maximum absolute atomic E-state index is 11.5. The Kier molecular flexibility index (Phi) is 3.03. The van der Waals surface area contributed by atoms with Crippen LogP contribution in [-0.4, -0.2) is 24.1 Å². The van der Waals surface area contributed by atoms with Crippen molar-refractivity contribution in [2.45, 2.75) is 4.90 Å². The standard InChI is InChI=1S/C14H11ClN2O2S/c1-20(18,19)13-4-2-10(3-5-13)14-7-11(15)6-12-8-16-9-17(12)14/h2-9H,1H3. The minimum Gasteiger partial charge on any atom is -0.299 e. The van der Waals surface area contributed by atoms with Gasteiger partial charge in [0.15, 0.2) is 9.84 Å². The van der Waals surface area contributed by atoms with Gasteiger partial charge in [0.05, 0.1) is 28.6 Å². The zero-order chi connectivity index (χ0) is 14.3. The summed E-state index contributed by atoms with van der Waals surface area (Å²) in [6.45, 7) is 0. The molecular weight excluding hydrogens is 296 g/mol. The van der Waals surface area contributed by atoms with Gasteiger partial charge in [-0.25, -0.2) is 13.4 Å². The highest BCUT2D eigenvalue weighted by molar-refractivity contribution is 7.90. The number of pyridine rings is 1. The lowest BCUT2D eigenvalue weighted by molar-refractivity contribution is 0.602. The van der Waals surface area contributed by atoms with Crippen LogP contribution in [0.4, 0.5) is 0 Å². The van der Waals surface area contributed by atoms with Crippen LogP contribution in [0.5, 0.6) is 0 Å². The van der Waals surface area contributed by atoms with Gasteiger partial charge in [0, 0.05) is 11.3 Å². The average molecular weight is 307 g/mol. The number of halogens is 1. The molecule has 0 N–H and O–H groups in total. The molecule has 0 fully saturated rings. The Morgan fingerprint density at radius 1 is 1.15 bits per heavy atom. The first-order valence-corrected chi connectivity index (χ1v) is 8.14. The van der Waals surface area contributed by atoms with E-state index in [2.05, 4.69) is 4.98 Å². The van der Waals surface area contributed by atoms with Crippen molar-refractivity contribution in [2.24, 2.45) is 0 Å². The second-order valence-corrected chi connectivity index (χ2v) is 7.00. The average Bonchev–Trinajstić information content (AvgIpc) is 2.85. The number of imidazole rings is 1. The third-order valence-electron chi connectivity index (χ3n) is 3.07. The van der Waals surface area contributed by atoms with Crippen LogP contribution in [0.1, 0.15) is 0 Å². The number of fused-ring (bicyclic) bond motifs is 1. The lowest BCUT2D eigenvalue weighted by atomic mass is 10.1. The third-order valence-corrected chi connectivity index (χ3v) is 4.41. The van der Waals surface area contributed by atoms with E-state index in [1.54, 1.807) is 36.8 Å². The first-order valence-electron chi connectivity index (χ1n) is 5.87. The molecule has 20 heavy (non-hydrogen) atoms. The van der Waals surface area contributed by atoms with Gasteiger partial charge in [-0.2, -0.15) is 0 Å². The molecule has 0 spiro atoms. The summed E-state index contributed by atoms with van der Waals surface area (Å²) in [5.41, 5.74) is 2.63. The summed E-state index contributed by atoms with van der Waals surface area (Å²) in [4.78, 5) is 4.39. The zero-order valence-corrected chi connectivity index (χ0v) is 12.2. The monoisotopic (exact) mass is 306 g/mol. The van der Waals surface area contributed by atoms with E-state index >= 15 is 0 Å². The van der Waals surface area contributed by atoms with Gasteiger partial charge in [0.1, 0.15) is 0 Å². The molecule has 0 amide bonds. The Morgan fingerprint density at radius 2 is 1.85 bits per heavy atom. The molecule has 2 aromatic heterocycles. The van der Waals surface area contributed by atoms with E-state index in [0.29, 0.717) is 9.92 Å². The highest BCUT2D eigenvalue weighted by Gasteiger charge is 2.09. The quantitative estimate of drug-likeness (QED) is 0.731. The first-order chi connectivity index (χ1) is 9.45. The molecule has 0 saturated heterocycles. The largest absolute Gasteiger partial charge is 0.299 e. The number of hydrogen-bond acceptors (Lipinski definition) is 3. The maximum Gasteiger partial charge on any atom is 0.175 e. The zero-order valence-electron chi connectivity index (χ0n) is 10.6. The molecule has 1 aromatic carbocycles. The fraction of sp³-hybridized carbons (Fsp3) is 0.0714. The molecule has 4 nitrogen and oxygen atoms in total. The van der Waals surface area contributed by atoms with Crippen molar-refractivity contribution in [1.82, 2.24) is 9.38 Å². The molecule has 102 valence electrons. The van der Waals surface area contributed by atoms with Gasteiger partial charge < -0.3 is 0 Å². The van der Waals surface area contributed by atoms with Crippen molar-refractivity contribution in [1.29, 1.82) is 0 Å². The minimum absolute atomic E-state index is 0.296. The summed E-state index contributed by atoms with van der Waals surface area (Å²) in [7, 11) is -3.19. The molecule has 0 atom stereocenters. The van der Waals surface area contributed by atoms with E-state index in [9.17, 15) is 8.42 Å². The topological polar surface area (TPSA) is 51.4 Å². The Bertz CT molecular complexity index is 883. The van der Waals surface area contributed by atoms with Crippen LogP contribution in [0.2, 0.25) is 5.02 Å². The first kappa shape index (κ1) is 13.1. The highest BCUT2D eigenvalue weighted by atomic mass is 35.5. The minimum atomic E-state index is -3.19. The number of nitrogens with zero attached hydrogens (tertiary/aromatic N) is 2. The van der Waals surface area contributed by atoms with E-state index in [1.165, 1.54) is 6.26 Å². The van der Waals surface area contributed by atoms with E-state index in [0.717, 1.165) is 16.8 Å². The van der Waals surface area contributed by atoms with Gasteiger partial charge in [-0.3, -0.25) is 4.40 Å². The van der Waals surface area contributed by atoms with Gasteiger partial charge in [0.2, 0.25) is 0 Å². The Balaban J connectivity index is 2.18. The molecule has 2 heterocycles. The number of benzene rings is 1. The van der Waals surface area contributed by atoms with Gasteiger partial charge in [-0.15, -0.1) is 0 Å². The van der Waals surface area contributed by atoms with E-state index < -0.39 is 9.84 Å².